The summed E-state index contributed by atoms with van der Waals surface area (Å²) in [5, 5.41) is 8.30. The second-order valence-corrected chi connectivity index (χ2v) is 10.2. The van der Waals surface area contributed by atoms with Gasteiger partial charge in [0, 0.05) is 4.88 Å². The molecule has 144 valence electrons. The van der Waals surface area contributed by atoms with E-state index in [1.807, 2.05) is 5.38 Å². The Labute approximate surface area is 172 Å². The van der Waals surface area contributed by atoms with Gasteiger partial charge in [-0.1, -0.05) is 26.8 Å². The van der Waals surface area contributed by atoms with E-state index in [0.717, 1.165) is 24.8 Å². The van der Waals surface area contributed by atoms with Crippen molar-refractivity contribution in [1.29, 1.82) is 0 Å². The maximum absolute atomic E-state index is 12.2. The van der Waals surface area contributed by atoms with Crippen LogP contribution in [0.1, 0.15) is 57.7 Å². The molecule has 0 spiro atoms. The topological polar surface area (TPSA) is 84.2 Å². The molecule has 2 heterocycles. The Bertz CT molecular complexity index is 879. The molecule has 0 radical (unpaired) electrons. The SMILES string of the molecule is CC(C)(C)[C@@H]1CCc2c(sc(NC(=S)NC(=O)c3cccs3)c2C(N)=O)C1. The van der Waals surface area contributed by atoms with Crippen LogP contribution in [0.4, 0.5) is 5.00 Å². The van der Waals surface area contributed by atoms with Gasteiger partial charge in [0.25, 0.3) is 11.8 Å². The van der Waals surface area contributed by atoms with Crippen LogP contribution in [0.3, 0.4) is 0 Å². The van der Waals surface area contributed by atoms with Gasteiger partial charge in [-0.15, -0.1) is 22.7 Å². The van der Waals surface area contributed by atoms with E-state index in [1.54, 1.807) is 12.1 Å². The van der Waals surface area contributed by atoms with Crippen LogP contribution in [0.2, 0.25) is 0 Å². The molecule has 0 unspecified atom stereocenters. The van der Waals surface area contributed by atoms with Crippen molar-refractivity contribution >= 4 is 56.8 Å². The number of carbonyl (C=O) groups is 2. The lowest BCUT2D eigenvalue weighted by Crippen LogP contribution is -2.34. The zero-order valence-corrected chi connectivity index (χ0v) is 18.0. The van der Waals surface area contributed by atoms with Gasteiger partial charge in [-0.05, 0) is 59.8 Å². The minimum atomic E-state index is -0.461. The maximum atomic E-state index is 12.2. The number of hydrogen-bond acceptors (Lipinski definition) is 5. The van der Waals surface area contributed by atoms with E-state index in [4.69, 9.17) is 18.0 Å². The van der Waals surface area contributed by atoms with Crippen LogP contribution in [-0.2, 0) is 12.8 Å². The fourth-order valence-corrected chi connectivity index (χ4v) is 5.60. The molecule has 2 amide bonds. The minimum Gasteiger partial charge on any atom is -0.365 e. The number of anilines is 1. The average molecular weight is 422 g/mol. The molecule has 0 fully saturated rings. The molecular formula is C19H23N3O2S3. The molecule has 1 aliphatic rings. The zero-order chi connectivity index (χ0) is 19.8. The predicted octanol–water partition coefficient (Wildman–Crippen LogP) is 4.19. The molecule has 0 aliphatic heterocycles. The first kappa shape index (κ1) is 20.0. The van der Waals surface area contributed by atoms with Crippen LogP contribution < -0.4 is 16.4 Å². The third-order valence-corrected chi connectivity index (χ3v) is 7.18. The van der Waals surface area contributed by atoms with Crippen molar-refractivity contribution in [3.63, 3.8) is 0 Å². The van der Waals surface area contributed by atoms with E-state index < -0.39 is 5.91 Å². The van der Waals surface area contributed by atoms with Gasteiger partial charge in [0.05, 0.1) is 10.4 Å². The number of nitrogens with one attached hydrogen (secondary N) is 2. The van der Waals surface area contributed by atoms with E-state index in [-0.39, 0.29) is 16.4 Å². The van der Waals surface area contributed by atoms with Gasteiger partial charge in [-0.25, -0.2) is 0 Å². The Morgan fingerprint density at radius 1 is 1.33 bits per heavy atom. The first-order valence-corrected chi connectivity index (χ1v) is 10.9. The number of thiocarbonyl (C=S) groups is 1. The van der Waals surface area contributed by atoms with Gasteiger partial charge >= 0.3 is 0 Å². The summed E-state index contributed by atoms with van der Waals surface area (Å²) in [7, 11) is 0. The molecule has 5 nitrogen and oxygen atoms in total. The first-order chi connectivity index (χ1) is 12.7. The lowest BCUT2D eigenvalue weighted by Gasteiger charge is -2.33. The summed E-state index contributed by atoms with van der Waals surface area (Å²) < 4.78 is 0. The Balaban J connectivity index is 1.79. The summed E-state index contributed by atoms with van der Waals surface area (Å²) in [6, 6.07) is 3.54. The smallest absolute Gasteiger partial charge is 0.267 e. The fourth-order valence-electron chi connectivity index (χ4n) is 3.38. The van der Waals surface area contributed by atoms with Crippen LogP contribution in [0.25, 0.3) is 0 Å². The molecule has 0 aromatic carbocycles. The Kier molecular flexibility index (Phi) is 5.69. The van der Waals surface area contributed by atoms with Gasteiger partial charge in [0.2, 0.25) is 0 Å². The number of thiophene rings is 2. The highest BCUT2D eigenvalue weighted by Crippen LogP contribution is 2.44. The standard InChI is InChI=1S/C19H23N3O2S3/c1-19(2,3)10-6-7-11-13(9-10)27-17(14(11)15(20)23)22-18(25)21-16(24)12-5-4-8-26-12/h4-5,8,10H,6-7,9H2,1-3H3,(H2,20,23)(H2,21,22,24,25)/t10-/m1/s1. The van der Waals surface area contributed by atoms with Crippen molar-refractivity contribution in [2.24, 2.45) is 17.1 Å². The number of hydrogen-bond donors (Lipinski definition) is 3. The van der Waals surface area contributed by atoms with Gasteiger partial charge in [-0.3, -0.25) is 14.9 Å². The van der Waals surface area contributed by atoms with Crippen molar-refractivity contribution in [3.05, 3.63) is 38.4 Å². The fraction of sp³-hybridized carbons (Fsp3) is 0.421. The molecule has 0 saturated carbocycles. The van der Waals surface area contributed by atoms with E-state index in [1.165, 1.54) is 27.6 Å². The molecule has 4 N–H and O–H groups in total. The van der Waals surface area contributed by atoms with Crippen molar-refractivity contribution in [3.8, 4) is 0 Å². The average Bonchev–Trinajstić information content (AvgIpc) is 3.20. The van der Waals surface area contributed by atoms with Crippen molar-refractivity contribution in [2.45, 2.75) is 40.0 Å². The van der Waals surface area contributed by atoms with Crippen LogP contribution >= 0.6 is 34.9 Å². The second kappa shape index (κ2) is 7.69. The number of rotatable bonds is 3. The summed E-state index contributed by atoms with van der Waals surface area (Å²) >= 11 is 8.13. The Morgan fingerprint density at radius 3 is 2.67 bits per heavy atom. The summed E-state index contributed by atoms with van der Waals surface area (Å²) in [5.74, 6) is -0.170. The number of carbonyl (C=O) groups excluding carboxylic acids is 2. The molecule has 27 heavy (non-hydrogen) atoms. The van der Waals surface area contributed by atoms with E-state index in [2.05, 4.69) is 31.4 Å². The maximum Gasteiger partial charge on any atom is 0.267 e. The highest BCUT2D eigenvalue weighted by Gasteiger charge is 2.33. The second-order valence-electron chi connectivity index (χ2n) is 7.76. The summed E-state index contributed by atoms with van der Waals surface area (Å²) in [4.78, 5) is 26.0. The quantitative estimate of drug-likeness (QED) is 0.649. The van der Waals surface area contributed by atoms with E-state index >= 15 is 0 Å². The number of fused-ring (bicyclic) bond motifs is 1. The molecule has 2 aromatic heterocycles. The number of nitrogens with two attached hydrogens (primary N) is 1. The van der Waals surface area contributed by atoms with Crippen molar-refractivity contribution in [2.75, 3.05) is 5.32 Å². The molecule has 3 rings (SSSR count). The minimum absolute atomic E-state index is 0.168. The third kappa shape index (κ3) is 4.39. The largest absolute Gasteiger partial charge is 0.365 e. The molecule has 2 aromatic rings. The monoisotopic (exact) mass is 421 g/mol. The van der Waals surface area contributed by atoms with E-state index in [0.29, 0.717) is 21.4 Å². The molecule has 1 atom stereocenters. The summed E-state index contributed by atoms with van der Waals surface area (Å²) in [5.41, 5.74) is 7.41. The van der Waals surface area contributed by atoms with Gasteiger partial charge in [0.15, 0.2) is 5.11 Å². The molecule has 8 heteroatoms. The van der Waals surface area contributed by atoms with Crippen LogP contribution in [0, 0.1) is 11.3 Å². The summed E-state index contributed by atoms with van der Waals surface area (Å²) in [6.07, 6.45) is 2.80. The molecule has 1 aliphatic carbocycles. The predicted molar refractivity (Wildman–Crippen MR) is 116 cm³/mol. The van der Waals surface area contributed by atoms with Crippen LogP contribution in [-0.4, -0.2) is 16.9 Å². The molecular weight excluding hydrogens is 398 g/mol. The van der Waals surface area contributed by atoms with Gasteiger partial charge in [0.1, 0.15) is 5.00 Å². The zero-order valence-electron chi connectivity index (χ0n) is 15.5. The highest BCUT2D eigenvalue weighted by atomic mass is 32.1. The first-order valence-electron chi connectivity index (χ1n) is 8.77. The van der Waals surface area contributed by atoms with Gasteiger partial charge < -0.3 is 11.1 Å². The van der Waals surface area contributed by atoms with Crippen molar-refractivity contribution in [1.82, 2.24) is 5.32 Å². The molecule has 0 bridgehead atoms. The summed E-state index contributed by atoms with van der Waals surface area (Å²) in [6.45, 7) is 6.75. The van der Waals surface area contributed by atoms with Crippen molar-refractivity contribution < 1.29 is 9.59 Å². The van der Waals surface area contributed by atoms with Crippen LogP contribution in [0.5, 0.6) is 0 Å². The normalized spacial score (nSPS) is 16.5. The van der Waals surface area contributed by atoms with Crippen LogP contribution in [0.15, 0.2) is 17.5 Å². The molecule has 0 saturated heterocycles. The third-order valence-electron chi connectivity index (χ3n) is 4.94. The lowest BCUT2D eigenvalue weighted by molar-refractivity contribution is 0.0979. The number of amides is 2. The Hall–Kier alpha value is -1.77. The van der Waals surface area contributed by atoms with E-state index in [9.17, 15) is 9.59 Å². The highest BCUT2D eigenvalue weighted by molar-refractivity contribution is 7.80. The van der Waals surface area contributed by atoms with Gasteiger partial charge in [-0.2, -0.15) is 0 Å². The number of primary amides is 1. The Morgan fingerprint density at radius 2 is 2.07 bits per heavy atom. The lowest BCUT2D eigenvalue weighted by atomic mass is 9.72.